The van der Waals surface area contributed by atoms with E-state index in [0.29, 0.717) is 10.6 Å². The first-order chi connectivity index (χ1) is 12.7. The molecule has 2 aromatic rings. The minimum Gasteiger partial charge on any atom is -0.495 e. The molecular weight excluding hydrogens is 411 g/mol. The van der Waals surface area contributed by atoms with E-state index < -0.39 is 10.0 Å². The lowest BCUT2D eigenvalue weighted by Crippen LogP contribution is -2.34. The minimum atomic E-state index is -3.78. The Morgan fingerprint density at radius 3 is 2.33 bits per heavy atom. The second kappa shape index (κ2) is 8.93. The number of rotatable bonds is 7. The molecule has 0 unspecified atom stereocenters. The van der Waals surface area contributed by atoms with Crippen LogP contribution in [0.5, 0.6) is 5.75 Å². The first-order valence-corrected chi connectivity index (χ1v) is 10.3. The molecule has 0 saturated heterocycles. The summed E-state index contributed by atoms with van der Waals surface area (Å²) in [5, 5.41) is 3.24. The van der Waals surface area contributed by atoms with E-state index in [9.17, 15) is 13.2 Å². The summed E-state index contributed by atoms with van der Waals surface area (Å²) in [7, 11) is -2.36. The molecule has 2 N–H and O–H groups in total. The second-order valence-electron chi connectivity index (χ2n) is 5.87. The zero-order valence-electron chi connectivity index (χ0n) is 15.1. The Bertz CT molecular complexity index is 962. The van der Waals surface area contributed by atoms with Crippen molar-refractivity contribution in [2.45, 2.75) is 18.7 Å². The van der Waals surface area contributed by atoms with Gasteiger partial charge in [0.2, 0.25) is 10.0 Å². The number of hydrogen-bond acceptors (Lipinski definition) is 4. The summed E-state index contributed by atoms with van der Waals surface area (Å²) in [5.74, 6) is -0.109. The normalized spacial score (nSPS) is 11.3. The maximum Gasteiger partial charge on any atom is 0.251 e. The van der Waals surface area contributed by atoms with Gasteiger partial charge >= 0.3 is 0 Å². The fraction of sp³-hybridized carbons (Fsp3) is 0.278. The number of methoxy groups -OCH3 is 1. The first-order valence-electron chi connectivity index (χ1n) is 8.04. The number of carbonyl (C=O) groups excluding carboxylic acids is 1. The number of ether oxygens (including phenoxy) is 1. The molecule has 27 heavy (non-hydrogen) atoms. The first kappa shape index (κ1) is 21.5. The summed E-state index contributed by atoms with van der Waals surface area (Å²) in [6.45, 7) is 3.82. The van der Waals surface area contributed by atoms with Gasteiger partial charge in [-0.2, -0.15) is 0 Å². The third kappa shape index (κ3) is 5.35. The van der Waals surface area contributed by atoms with Crippen molar-refractivity contribution in [3.05, 3.63) is 57.1 Å². The Balaban J connectivity index is 1.99. The van der Waals surface area contributed by atoms with Gasteiger partial charge in [-0.3, -0.25) is 4.79 Å². The van der Waals surface area contributed by atoms with E-state index in [4.69, 9.17) is 27.9 Å². The van der Waals surface area contributed by atoms with E-state index in [1.807, 2.05) is 13.8 Å². The van der Waals surface area contributed by atoms with Crippen LogP contribution in [0.15, 0.2) is 35.2 Å². The number of halogens is 2. The molecule has 6 nitrogen and oxygen atoms in total. The molecular formula is C18H20Cl2N2O4S. The highest BCUT2D eigenvalue weighted by atomic mass is 35.5. The molecule has 0 aliphatic heterocycles. The fourth-order valence-corrected chi connectivity index (χ4v) is 3.87. The average Bonchev–Trinajstić information content (AvgIpc) is 2.62. The topological polar surface area (TPSA) is 84.5 Å². The van der Waals surface area contributed by atoms with Gasteiger partial charge in [0.05, 0.1) is 17.2 Å². The second-order valence-corrected chi connectivity index (χ2v) is 8.42. The molecule has 0 saturated carbocycles. The Hall–Kier alpha value is -1.80. The van der Waals surface area contributed by atoms with Crippen molar-refractivity contribution in [1.82, 2.24) is 10.0 Å². The SMILES string of the molecule is COc1cc(C)c(C)cc1S(=O)(=O)NCCNC(=O)c1ccc(Cl)c(Cl)c1. The predicted molar refractivity (Wildman–Crippen MR) is 106 cm³/mol. The van der Waals surface area contributed by atoms with Gasteiger partial charge in [-0.1, -0.05) is 23.2 Å². The van der Waals surface area contributed by atoms with Gasteiger partial charge < -0.3 is 10.1 Å². The van der Waals surface area contributed by atoms with E-state index in [0.717, 1.165) is 11.1 Å². The van der Waals surface area contributed by atoms with Crippen LogP contribution in [0.4, 0.5) is 0 Å². The summed E-state index contributed by atoms with van der Waals surface area (Å²) in [5.41, 5.74) is 2.10. The maximum absolute atomic E-state index is 12.5. The van der Waals surface area contributed by atoms with Crippen LogP contribution in [-0.2, 0) is 10.0 Å². The minimum absolute atomic E-state index is 0.0193. The summed E-state index contributed by atoms with van der Waals surface area (Å²) in [4.78, 5) is 12.1. The number of hydrogen-bond donors (Lipinski definition) is 2. The Labute approximate surface area is 168 Å². The van der Waals surface area contributed by atoms with Crippen molar-refractivity contribution in [3.8, 4) is 5.75 Å². The summed E-state index contributed by atoms with van der Waals surface area (Å²) >= 11 is 11.7. The number of sulfonamides is 1. The van der Waals surface area contributed by atoms with Crippen LogP contribution in [0.25, 0.3) is 0 Å². The monoisotopic (exact) mass is 430 g/mol. The molecule has 0 radical (unpaired) electrons. The van der Waals surface area contributed by atoms with Gasteiger partial charge in [0.1, 0.15) is 10.6 Å². The lowest BCUT2D eigenvalue weighted by Gasteiger charge is -2.13. The highest BCUT2D eigenvalue weighted by Gasteiger charge is 2.20. The van der Waals surface area contributed by atoms with E-state index in [1.54, 1.807) is 12.1 Å². The molecule has 2 rings (SSSR count). The Kier molecular flexibility index (Phi) is 7.11. The van der Waals surface area contributed by atoms with Gasteiger partial charge in [-0.15, -0.1) is 0 Å². The van der Waals surface area contributed by atoms with Crippen LogP contribution in [0.2, 0.25) is 10.0 Å². The van der Waals surface area contributed by atoms with Gasteiger partial charge in [0, 0.05) is 18.7 Å². The Morgan fingerprint density at radius 2 is 1.70 bits per heavy atom. The van der Waals surface area contributed by atoms with Crippen molar-refractivity contribution in [3.63, 3.8) is 0 Å². The molecule has 0 fully saturated rings. The molecule has 0 aliphatic rings. The molecule has 0 bridgehead atoms. The van der Waals surface area contributed by atoms with Gasteiger partial charge in [0.15, 0.2) is 0 Å². The highest BCUT2D eigenvalue weighted by molar-refractivity contribution is 7.89. The third-order valence-corrected chi connectivity index (χ3v) is 6.18. The number of benzene rings is 2. The van der Waals surface area contributed by atoms with Crippen LogP contribution in [0.1, 0.15) is 21.5 Å². The summed E-state index contributed by atoms with van der Waals surface area (Å²) < 4.78 is 32.7. The summed E-state index contributed by atoms with van der Waals surface area (Å²) in [6, 6.07) is 7.74. The van der Waals surface area contributed by atoms with Crippen molar-refractivity contribution in [2.75, 3.05) is 20.2 Å². The van der Waals surface area contributed by atoms with Gasteiger partial charge in [-0.05, 0) is 55.3 Å². The number of nitrogens with one attached hydrogen (secondary N) is 2. The molecule has 1 amide bonds. The quantitative estimate of drug-likeness (QED) is 0.659. The predicted octanol–water partition coefficient (Wildman–Crippen LogP) is 3.33. The molecule has 0 aromatic heterocycles. The van der Waals surface area contributed by atoms with Crippen molar-refractivity contribution in [2.24, 2.45) is 0 Å². The largest absolute Gasteiger partial charge is 0.495 e. The average molecular weight is 431 g/mol. The van der Waals surface area contributed by atoms with Crippen LogP contribution >= 0.6 is 23.2 Å². The number of amides is 1. The van der Waals surface area contributed by atoms with Crippen LogP contribution in [-0.4, -0.2) is 34.5 Å². The fourth-order valence-electron chi connectivity index (χ4n) is 2.31. The third-order valence-electron chi connectivity index (χ3n) is 3.95. The zero-order chi connectivity index (χ0) is 20.2. The molecule has 2 aromatic carbocycles. The van der Waals surface area contributed by atoms with Crippen LogP contribution in [0, 0.1) is 13.8 Å². The molecule has 146 valence electrons. The maximum atomic E-state index is 12.5. The van der Waals surface area contributed by atoms with Crippen LogP contribution < -0.4 is 14.8 Å². The van der Waals surface area contributed by atoms with E-state index in [-0.39, 0.29) is 34.7 Å². The van der Waals surface area contributed by atoms with E-state index in [1.165, 1.54) is 25.3 Å². The standard InChI is InChI=1S/C18H20Cl2N2O4S/c1-11-8-16(26-3)17(9-12(11)2)27(24,25)22-7-6-21-18(23)13-4-5-14(19)15(20)10-13/h4-5,8-10,22H,6-7H2,1-3H3,(H,21,23). The molecule has 0 atom stereocenters. The molecule has 0 heterocycles. The molecule has 0 spiro atoms. The summed E-state index contributed by atoms with van der Waals surface area (Å²) in [6.07, 6.45) is 0. The Morgan fingerprint density at radius 1 is 1.04 bits per heavy atom. The van der Waals surface area contributed by atoms with E-state index >= 15 is 0 Å². The van der Waals surface area contributed by atoms with Crippen molar-refractivity contribution >= 4 is 39.1 Å². The highest BCUT2D eigenvalue weighted by Crippen LogP contribution is 2.27. The lowest BCUT2D eigenvalue weighted by atomic mass is 10.1. The number of carbonyl (C=O) groups is 1. The smallest absolute Gasteiger partial charge is 0.251 e. The van der Waals surface area contributed by atoms with Crippen molar-refractivity contribution in [1.29, 1.82) is 0 Å². The van der Waals surface area contributed by atoms with Crippen LogP contribution in [0.3, 0.4) is 0 Å². The van der Waals surface area contributed by atoms with Gasteiger partial charge in [-0.25, -0.2) is 13.1 Å². The zero-order valence-corrected chi connectivity index (χ0v) is 17.4. The molecule has 9 heteroatoms. The van der Waals surface area contributed by atoms with E-state index in [2.05, 4.69) is 10.0 Å². The van der Waals surface area contributed by atoms with Gasteiger partial charge in [0.25, 0.3) is 5.91 Å². The lowest BCUT2D eigenvalue weighted by molar-refractivity contribution is 0.0954. The molecule has 0 aliphatic carbocycles. The number of aryl methyl sites for hydroxylation is 2. The van der Waals surface area contributed by atoms with Crippen molar-refractivity contribution < 1.29 is 17.9 Å².